The van der Waals surface area contributed by atoms with Crippen LogP contribution >= 0.6 is 0 Å². The number of hydrogen-bond donors (Lipinski definition) is 2. The van der Waals surface area contributed by atoms with Gasteiger partial charge in [0.05, 0.1) is 12.2 Å². The number of carboxylic acids is 1. The van der Waals surface area contributed by atoms with Crippen molar-refractivity contribution in [1.82, 2.24) is 4.98 Å². The summed E-state index contributed by atoms with van der Waals surface area (Å²) in [6.45, 7) is 0.0791. The highest BCUT2D eigenvalue weighted by atomic mass is 19.4. The predicted octanol–water partition coefficient (Wildman–Crippen LogP) is 4.83. The topological polar surface area (TPSA) is 62.3 Å². The number of alkyl halides is 3. The number of benzene rings is 2. The molecule has 3 aromatic rings. The highest BCUT2D eigenvalue weighted by Gasteiger charge is 2.32. The number of aromatic amines is 1. The maximum absolute atomic E-state index is 13.1. The van der Waals surface area contributed by atoms with Crippen LogP contribution in [-0.4, -0.2) is 22.7 Å². The Balaban J connectivity index is 1.76. The van der Waals surface area contributed by atoms with Crippen LogP contribution < -0.4 is 4.74 Å². The van der Waals surface area contributed by atoms with Crippen molar-refractivity contribution in [1.29, 1.82) is 0 Å². The van der Waals surface area contributed by atoms with Gasteiger partial charge in [0.2, 0.25) is 0 Å². The standard InChI is InChI=1S/C20H18F3NO3/c21-20(22,23)15-5-2-1-4-13(15)10-11-27-17-7-3-6-16-19(17)14(12-24-16)8-9-18(25)26/h1-7,12,24H,8-11H2,(H,25,26). The Morgan fingerprint density at radius 1 is 1.04 bits per heavy atom. The zero-order chi connectivity index (χ0) is 19.4. The normalized spacial score (nSPS) is 11.7. The van der Waals surface area contributed by atoms with E-state index in [4.69, 9.17) is 9.84 Å². The van der Waals surface area contributed by atoms with Gasteiger partial charge in [0.1, 0.15) is 5.75 Å². The number of aliphatic carboxylic acids is 1. The molecule has 0 spiro atoms. The third-order valence-electron chi connectivity index (χ3n) is 4.31. The van der Waals surface area contributed by atoms with Gasteiger partial charge in [-0.05, 0) is 35.7 Å². The number of aryl methyl sites for hydroxylation is 1. The SMILES string of the molecule is O=C(O)CCc1c[nH]c2cccc(OCCc3ccccc3C(F)(F)F)c12. The molecule has 0 saturated heterocycles. The largest absolute Gasteiger partial charge is 0.493 e. The highest BCUT2D eigenvalue weighted by Crippen LogP contribution is 2.33. The quantitative estimate of drug-likeness (QED) is 0.620. The summed E-state index contributed by atoms with van der Waals surface area (Å²) in [7, 11) is 0. The number of hydrogen-bond acceptors (Lipinski definition) is 2. The number of nitrogens with one attached hydrogen (secondary N) is 1. The van der Waals surface area contributed by atoms with Crippen LogP contribution in [0.3, 0.4) is 0 Å². The molecule has 2 N–H and O–H groups in total. The summed E-state index contributed by atoms with van der Waals surface area (Å²) in [5.74, 6) is -0.370. The zero-order valence-corrected chi connectivity index (χ0v) is 14.3. The van der Waals surface area contributed by atoms with E-state index < -0.39 is 17.7 Å². The lowest BCUT2D eigenvalue weighted by Gasteiger charge is -2.13. The first kappa shape index (κ1) is 18.8. The van der Waals surface area contributed by atoms with Crippen molar-refractivity contribution in [2.75, 3.05) is 6.61 Å². The second kappa shape index (κ2) is 7.73. The van der Waals surface area contributed by atoms with Gasteiger partial charge in [-0.15, -0.1) is 0 Å². The summed E-state index contributed by atoms with van der Waals surface area (Å²) >= 11 is 0. The van der Waals surface area contributed by atoms with Crippen LogP contribution in [0, 0.1) is 0 Å². The number of carboxylic acid groups (broad SMARTS) is 1. The molecule has 0 fully saturated rings. The molecule has 7 heteroatoms. The van der Waals surface area contributed by atoms with E-state index in [2.05, 4.69) is 4.98 Å². The van der Waals surface area contributed by atoms with Crippen LogP contribution in [0.2, 0.25) is 0 Å². The molecule has 1 aromatic heterocycles. The van der Waals surface area contributed by atoms with Crippen molar-refractivity contribution in [2.24, 2.45) is 0 Å². The fraction of sp³-hybridized carbons (Fsp3) is 0.250. The molecule has 0 unspecified atom stereocenters. The molecule has 1 heterocycles. The van der Waals surface area contributed by atoms with E-state index in [-0.39, 0.29) is 25.0 Å². The van der Waals surface area contributed by atoms with Gasteiger partial charge in [-0.3, -0.25) is 4.79 Å². The Labute approximate surface area is 153 Å². The van der Waals surface area contributed by atoms with Crippen molar-refractivity contribution >= 4 is 16.9 Å². The van der Waals surface area contributed by atoms with E-state index >= 15 is 0 Å². The smallest absolute Gasteiger partial charge is 0.416 e. The molecule has 0 atom stereocenters. The minimum absolute atomic E-state index is 0.0136. The number of ether oxygens (including phenoxy) is 1. The first-order chi connectivity index (χ1) is 12.9. The van der Waals surface area contributed by atoms with Gasteiger partial charge < -0.3 is 14.8 Å². The molecule has 0 amide bonds. The van der Waals surface area contributed by atoms with Crippen molar-refractivity contribution in [3.63, 3.8) is 0 Å². The summed E-state index contributed by atoms with van der Waals surface area (Å²) in [5.41, 5.74) is 1.12. The van der Waals surface area contributed by atoms with E-state index in [0.717, 1.165) is 22.5 Å². The molecule has 0 aliphatic heterocycles. The van der Waals surface area contributed by atoms with E-state index in [1.54, 1.807) is 24.4 Å². The lowest BCUT2D eigenvalue weighted by molar-refractivity contribution is -0.138. The van der Waals surface area contributed by atoms with Crippen LogP contribution in [0.5, 0.6) is 5.75 Å². The number of halogens is 3. The summed E-state index contributed by atoms with van der Waals surface area (Å²) in [5, 5.41) is 9.65. The molecular formula is C20H18F3NO3. The Morgan fingerprint density at radius 2 is 1.81 bits per heavy atom. The monoisotopic (exact) mass is 377 g/mol. The predicted molar refractivity (Wildman–Crippen MR) is 94.9 cm³/mol. The molecule has 4 nitrogen and oxygen atoms in total. The van der Waals surface area contributed by atoms with Gasteiger partial charge in [0, 0.05) is 29.9 Å². The van der Waals surface area contributed by atoms with Crippen LogP contribution in [0.4, 0.5) is 13.2 Å². The van der Waals surface area contributed by atoms with Crippen LogP contribution in [0.25, 0.3) is 10.9 Å². The molecular weight excluding hydrogens is 359 g/mol. The molecule has 0 aliphatic carbocycles. The molecule has 0 radical (unpaired) electrons. The molecule has 0 saturated carbocycles. The third-order valence-corrected chi connectivity index (χ3v) is 4.31. The minimum atomic E-state index is -4.40. The summed E-state index contributed by atoms with van der Waals surface area (Å²) in [4.78, 5) is 13.9. The Kier molecular flexibility index (Phi) is 5.39. The second-order valence-electron chi connectivity index (χ2n) is 6.14. The van der Waals surface area contributed by atoms with Gasteiger partial charge in [-0.1, -0.05) is 24.3 Å². The van der Waals surface area contributed by atoms with Crippen molar-refractivity contribution in [2.45, 2.75) is 25.4 Å². The Morgan fingerprint density at radius 3 is 2.56 bits per heavy atom. The summed E-state index contributed by atoms with van der Waals surface area (Å²) in [6, 6.07) is 10.8. The molecule has 142 valence electrons. The lowest BCUT2D eigenvalue weighted by atomic mass is 10.0. The van der Waals surface area contributed by atoms with Crippen molar-refractivity contribution in [3.05, 3.63) is 65.4 Å². The van der Waals surface area contributed by atoms with Crippen LogP contribution in [-0.2, 0) is 23.8 Å². The van der Waals surface area contributed by atoms with Crippen molar-refractivity contribution in [3.8, 4) is 5.75 Å². The van der Waals surface area contributed by atoms with Gasteiger partial charge in [-0.2, -0.15) is 13.2 Å². The van der Waals surface area contributed by atoms with Crippen molar-refractivity contribution < 1.29 is 27.8 Å². The van der Waals surface area contributed by atoms with Gasteiger partial charge in [0.25, 0.3) is 0 Å². The fourth-order valence-electron chi connectivity index (χ4n) is 3.06. The van der Waals surface area contributed by atoms with Crippen LogP contribution in [0.15, 0.2) is 48.7 Å². The zero-order valence-electron chi connectivity index (χ0n) is 14.3. The number of fused-ring (bicyclic) bond motifs is 1. The molecule has 0 bridgehead atoms. The second-order valence-corrected chi connectivity index (χ2v) is 6.14. The molecule has 2 aromatic carbocycles. The van der Waals surface area contributed by atoms with Gasteiger partial charge >= 0.3 is 12.1 Å². The average Bonchev–Trinajstić information content (AvgIpc) is 3.03. The van der Waals surface area contributed by atoms with E-state index in [0.29, 0.717) is 12.2 Å². The van der Waals surface area contributed by atoms with E-state index in [1.807, 2.05) is 6.07 Å². The van der Waals surface area contributed by atoms with Crippen LogP contribution in [0.1, 0.15) is 23.1 Å². The van der Waals surface area contributed by atoms with Gasteiger partial charge in [0.15, 0.2) is 0 Å². The maximum atomic E-state index is 13.1. The highest BCUT2D eigenvalue weighted by molar-refractivity contribution is 5.89. The summed E-state index contributed by atoms with van der Waals surface area (Å²) in [6.07, 6.45) is -2.23. The minimum Gasteiger partial charge on any atom is -0.493 e. The average molecular weight is 377 g/mol. The number of H-pyrrole nitrogens is 1. The Bertz CT molecular complexity index is 947. The number of aromatic nitrogens is 1. The number of rotatable bonds is 7. The molecule has 3 rings (SSSR count). The fourth-order valence-corrected chi connectivity index (χ4v) is 3.06. The maximum Gasteiger partial charge on any atom is 0.416 e. The lowest BCUT2D eigenvalue weighted by Crippen LogP contribution is -2.11. The molecule has 0 aliphatic rings. The first-order valence-corrected chi connectivity index (χ1v) is 8.45. The Hall–Kier alpha value is -2.96. The molecule has 27 heavy (non-hydrogen) atoms. The van der Waals surface area contributed by atoms with Gasteiger partial charge in [-0.25, -0.2) is 0 Å². The van der Waals surface area contributed by atoms with E-state index in [9.17, 15) is 18.0 Å². The summed E-state index contributed by atoms with van der Waals surface area (Å²) < 4.78 is 45.0. The van der Waals surface area contributed by atoms with E-state index in [1.165, 1.54) is 12.1 Å². The number of carbonyl (C=O) groups is 1. The first-order valence-electron chi connectivity index (χ1n) is 8.45. The third kappa shape index (κ3) is 4.42.